The third-order valence-electron chi connectivity index (χ3n) is 3.69. The first-order chi connectivity index (χ1) is 12.5. The highest BCUT2D eigenvalue weighted by Gasteiger charge is 2.19. The number of hydrogen-bond acceptors (Lipinski definition) is 5. The summed E-state index contributed by atoms with van der Waals surface area (Å²) in [6.45, 7) is 1.90. The van der Waals surface area contributed by atoms with E-state index in [4.69, 9.17) is 5.26 Å². The summed E-state index contributed by atoms with van der Waals surface area (Å²) >= 11 is 0. The average molecular weight is 350 g/mol. The number of hydrogen-bond donors (Lipinski definition) is 4. The van der Waals surface area contributed by atoms with Gasteiger partial charge in [0.15, 0.2) is 6.19 Å². The first-order valence-corrected chi connectivity index (χ1v) is 7.71. The number of carboxylic acid groups (broad SMARTS) is 1. The molecule has 0 aliphatic carbocycles. The molecule has 26 heavy (non-hydrogen) atoms. The van der Waals surface area contributed by atoms with E-state index in [1.807, 2.05) is 12.2 Å². The number of aromatic amines is 1. The quantitative estimate of drug-likeness (QED) is 0.420. The Hall–Kier alpha value is -3.93. The summed E-state index contributed by atoms with van der Waals surface area (Å²) in [7, 11) is 0. The number of rotatable bonds is 4. The predicted octanol–water partition coefficient (Wildman–Crippen LogP) is 2.49. The lowest BCUT2D eigenvalue weighted by atomic mass is 10.1. The highest BCUT2D eigenvalue weighted by atomic mass is 16.4. The number of carboxylic acids is 1. The molecule has 2 amide bonds. The SMILES string of the molecule is CCc1nc(-c2cccc(NC(=O)NC#N)c2)c2c(C(=O)O)c[nH]c2n1. The molecule has 2 aromatic heterocycles. The third kappa shape index (κ3) is 3.16. The van der Waals surface area contributed by atoms with Gasteiger partial charge in [-0.25, -0.2) is 24.9 Å². The number of aromatic carboxylic acids is 1. The van der Waals surface area contributed by atoms with Gasteiger partial charge in [-0.1, -0.05) is 19.1 Å². The zero-order chi connectivity index (χ0) is 18.7. The maximum atomic E-state index is 11.5. The minimum Gasteiger partial charge on any atom is -0.478 e. The van der Waals surface area contributed by atoms with Crippen molar-refractivity contribution in [1.29, 1.82) is 5.26 Å². The number of carbonyl (C=O) groups excluding carboxylic acids is 1. The fourth-order valence-electron chi connectivity index (χ4n) is 2.57. The van der Waals surface area contributed by atoms with Gasteiger partial charge in [0.25, 0.3) is 0 Å². The van der Waals surface area contributed by atoms with Gasteiger partial charge in [-0.3, -0.25) is 0 Å². The van der Waals surface area contributed by atoms with Crippen LogP contribution in [0.25, 0.3) is 22.3 Å². The summed E-state index contributed by atoms with van der Waals surface area (Å²) in [4.78, 5) is 34.7. The molecule has 0 saturated carbocycles. The van der Waals surface area contributed by atoms with Crippen molar-refractivity contribution >= 4 is 28.7 Å². The average Bonchev–Trinajstić information content (AvgIpc) is 3.05. The van der Waals surface area contributed by atoms with Crippen LogP contribution in [0.3, 0.4) is 0 Å². The maximum absolute atomic E-state index is 11.5. The van der Waals surface area contributed by atoms with Crippen LogP contribution in [0.1, 0.15) is 23.1 Å². The van der Waals surface area contributed by atoms with Gasteiger partial charge in [0.05, 0.1) is 16.6 Å². The smallest absolute Gasteiger partial charge is 0.338 e. The Morgan fingerprint density at radius 3 is 2.85 bits per heavy atom. The van der Waals surface area contributed by atoms with Crippen molar-refractivity contribution in [2.45, 2.75) is 13.3 Å². The molecular weight excluding hydrogens is 336 g/mol. The lowest BCUT2D eigenvalue weighted by Crippen LogP contribution is -2.23. The van der Waals surface area contributed by atoms with Gasteiger partial charge in [-0.15, -0.1) is 0 Å². The summed E-state index contributed by atoms with van der Waals surface area (Å²) < 4.78 is 0. The normalized spacial score (nSPS) is 10.3. The van der Waals surface area contributed by atoms with E-state index in [1.54, 1.807) is 24.3 Å². The van der Waals surface area contributed by atoms with Crippen LogP contribution in [0.15, 0.2) is 30.5 Å². The van der Waals surface area contributed by atoms with Crippen molar-refractivity contribution in [3.8, 4) is 17.5 Å². The summed E-state index contributed by atoms with van der Waals surface area (Å²) in [6.07, 6.45) is 3.50. The number of amides is 2. The van der Waals surface area contributed by atoms with Gasteiger partial charge < -0.3 is 15.4 Å². The number of anilines is 1. The van der Waals surface area contributed by atoms with Gasteiger partial charge in [0, 0.05) is 23.9 Å². The molecule has 0 radical (unpaired) electrons. The number of benzene rings is 1. The molecular formula is C17H14N6O3. The standard InChI is InChI=1S/C17H14N6O3/c1-2-12-22-14(13-11(16(24)25)7-19-15(13)23-12)9-4-3-5-10(6-9)21-17(26)20-8-18/h3-7H,2H2,1H3,(H,24,25)(H,19,22,23)(H2,20,21,26). The first-order valence-electron chi connectivity index (χ1n) is 7.71. The maximum Gasteiger partial charge on any atom is 0.338 e. The fraction of sp³-hybridized carbons (Fsp3) is 0.118. The van der Waals surface area contributed by atoms with Gasteiger partial charge in [-0.05, 0) is 12.1 Å². The summed E-state index contributed by atoms with van der Waals surface area (Å²) in [5.74, 6) is -0.528. The van der Waals surface area contributed by atoms with E-state index in [9.17, 15) is 14.7 Å². The van der Waals surface area contributed by atoms with E-state index < -0.39 is 12.0 Å². The molecule has 0 bridgehead atoms. The molecule has 2 heterocycles. The van der Waals surface area contributed by atoms with Crippen LogP contribution in [-0.2, 0) is 6.42 Å². The largest absolute Gasteiger partial charge is 0.478 e. The topological polar surface area (TPSA) is 144 Å². The highest BCUT2D eigenvalue weighted by Crippen LogP contribution is 2.30. The molecule has 0 spiro atoms. The lowest BCUT2D eigenvalue weighted by Gasteiger charge is -2.09. The molecule has 0 atom stereocenters. The molecule has 130 valence electrons. The molecule has 0 unspecified atom stereocenters. The molecule has 4 N–H and O–H groups in total. The van der Waals surface area contributed by atoms with Crippen molar-refractivity contribution in [1.82, 2.24) is 20.3 Å². The molecule has 0 aliphatic heterocycles. The van der Waals surface area contributed by atoms with Crippen LogP contribution in [0.5, 0.6) is 0 Å². The van der Waals surface area contributed by atoms with Crippen molar-refractivity contribution < 1.29 is 14.7 Å². The Morgan fingerprint density at radius 1 is 1.35 bits per heavy atom. The number of urea groups is 1. The molecule has 0 saturated heterocycles. The Bertz CT molecular complexity index is 1050. The number of aromatic nitrogens is 3. The van der Waals surface area contributed by atoms with Crippen LogP contribution in [0.4, 0.5) is 10.5 Å². The monoisotopic (exact) mass is 350 g/mol. The van der Waals surface area contributed by atoms with Crippen LogP contribution in [-0.4, -0.2) is 32.1 Å². The number of aryl methyl sites for hydroxylation is 1. The minimum atomic E-state index is -1.09. The van der Waals surface area contributed by atoms with Gasteiger partial charge >= 0.3 is 12.0 Å². The number of nitrogens with one attached hydrogen (secondary N) is 3. The van der Waals surface area contributed by atoms with Crippen LogP contribution in [0, 0.1) is 11.5 Å². The van der Waals surface area contributed by atoms with E-state index >= 15 is 0 Å². The number of H-pyrrole nitrogens is 1. The van der Waals surface area contributed by atoms with Crippen LogP contribution >= 0.6 is 0 Å². The number of nitrogens with zero attached hydrogens (tertiary/aromatic N) is 3. The zero-order valence-corrected chi connectivity index (χ0v) is 13.7. The molecule has 0 fully saturated rings. The number of carbonyl (C=O) groups is 2. The summed E-state index contributed by atoms with van der Waals surface area (Å²) in [6, 6.07) is 6.09. The van der Waals surface area contributed by atoms with Gasteiger partial charge in [-0.2, -0.15) is 5.26 Å². The molecule has 9 nitrogen and oxygen atoms in total. The fourth-order valence-corrected chi connectivity index (χ4v) is 2.57. The zero-order valence-electron chi connectivity index (χ0n) is 13.7. The predicted molar refractivity (Wildman–Crippen MR) is 93.4 cm³/mol. The lowest BCUT2D eigenvalue weighted by molar-refractivity contribution is 0.0699. The number of fused-ring (bicyclic) bond motifs is 1. The van der Waals surface area contributed by atoms with E-state index in [1.165, 1.54) is 12.4 Å². The van der Waals surface area contributed by atoms with Gasteiger partial charge in [0.1, 0.15) is 11.5 Å². The Morgan fingerprint density at radius 2 is 2.15 bits per heavy atom. The summed E-state index contributed by atoms with van der Waals surface area (Å²) in [5, 5.41) is 22.8. The van der Waals surface area contributed by atoms with E-state index in [-0.39, 0.29) is 5.56 Å². The highest BCUT2D eigenvalue weighted by molar-refractivity contribution is 6.07. The summed E-state index contributed by atoms with van der Waals surface area (Å²) in [5.41, 5.74) is 2.01. The van der Waals surface area contributed by atoms with Crippen molar-refractivity contribution in [3.63, 3.8) is 0 Å². The van der Waals surface area contributed by atoms with E-state index in [2.05, 4.69) is 20.3 Å². The first kappa shape index (κ1) is 16.9. The van der Waals surface area contributed by atoms with Crippen molar-refractivity contribution in [2.75, 3.05) is 5.32 Å². The van der Waals surface area contributed by atoms with Crippen molar-refractivity contribution in [3.05, 3.63) is 41.9 Å². The molecule has 3 aromatic rings. The second-order valence-electron chi connectivity index (χ2n) is 5.34. The Balaban J connectivity index is 2.15. The minimum absolute atomic E-state index is 0.0678. The van der Waals surface area contributed by atoms with E-state index in [0.29, 0.717) is 40.2 Å². The Labute approximate surface area is 147 Å². The molecule has 1 aromatic carbocycles. The van der Waals surface area contributed by atoms with Crippen LogP contribution in [0.2, 0.25) is 0 Å². The van der Waals surface area contributed by atoms with E-state index in [0.717, 1.165) is 0 Å². The molecule has 3 rings (SSSR count). The number of nitriles is 1. The molecule has 9 heteroatoms. The third-order valence-corrected chi connectivity index (χ3v) is 3.69. The van der Waals surface area contributed by atoms with Gasteiger partial charge in [0.2, 0.25) is 0 Å². The second-order valence-corrected chi connectivity index (χ2v) is 5.34. The molecule has 0 aliphatic rings. The van der Waals surface area contributed by atoms with Crippen LogP contribution < -0.4 is 10.6 Å². The van der Waals surface area contributed by atoms with Crippen molar-refractivity contribution in [2.24, 2.45) is 0 Å². The second kappa shape index (κ2) is 6.90. The Kier molecular flexibility index (Phi) is 4.49.